The van der Waals surface area contributed by atoms with Gasteiger partial charge in [0.25, 0.3) is 5.91 Å². The molecule has 0 aromatic heterocycles. The molecule has 1 N–H and O–H groups in total. The molecule has 2 rings (SSSR count). The van der Waals surface area contributed by atoms with Gasteiger partial charge in [0, 0.05) is 12.8 Å². The summed E-state index contributed by atoms with van der Waals surface area (Å²) in [6.45, 7) is 3.55. The Balaban J connectivity index is 2.22. The van der Waals surface area contributed by atoms with Gasteiger partial charge in [-0.25, -0.2) is 0 Å². The van der Waals surface area contributed by atoms with Crippen LogP contribution in [-0.4, -0.2) is 18.6 Å². The molecule has 0 unspecified atom stereocenters. The monoisotopic (exact) mass is 247 g/mol. The van der Waals surface area contributed by atoms with Crippen molar-refractivity contribution in [2.75, 3.05) is 12.4 Å². The minimum Gasteiger partial charge on any atom is -0.369 e. The molecule has 0 spiro atoms. The van der Waals surface area contributed by atoms with Crippen molar-refractivity contribution >= 4 is 11.6 Å². The molecule has 1 amide bonds. The smallest absolute Gasteiger partial charge is 0.256 e. The SMILES string of the molecule is COC(C)(C)C(=O)Nc1cccc2c1CCCC2. The second-order valence-electron chi connectivity index (χ2n) is 5.32. The summed E-state index contributed by atoms with van der Waals surface area (Å²) in [7, 11) is 1.56. The number of rotatable bonds is 3. The van der Waals surface area contributed by atoms with Gasteiger partial charge in [-0.3, -0.25) is 4.79 Å². The second-order valence-corrected chi connectivity index (χ2v) is 5.32. The Morgan fingerprint density at radius 1 is 1.28 bits per heavy atom. The molecule has 1 aliphatic carbocycles. The zero-order chi connectivity index (χ0) is 13.2. The molecule has 18 heavy (non-hydrogen) atoms. The van der Waals surface area contributed by atoms with Gasteiger partial charge in [-0.2, -0.15) is 0 Å². The Morgan fingerprint density at radius 3 is 2.72 bits per heavy atom. The van der Waals surface area contributed by atoms with Gasteiger partial charge in [0.05, 0.1) is 0 Å². The number of fused-ring (bicyclic) bond motifs is 1. The summed E-state index contributed by atoms with van der Waals surface area (Å²) in [4.78, 5) is 12.1. The molecule has 0 aliphatic heterocycles. The molecular formula is C15H21NO2. The summed E-state index contributed by atoms with van der Waals surface area (Å²) in [6, 6.07) is 6.15. The van der Waals surface area contributed by atoms with Crippen LogP contribution in [0.1, 0.15) is 37.8 Å². The molecule has 3 nitrogen and oxygen atoms in total. The van der Waals surface area contributed by atoms with Gasteiger partial charge in [0.1, 0.15) is 5.60 Å². The van der Waals surface area contributed by atoms with E-state index in [0.29, 0.717) is 0 Å². The van der Waals surface area contributed by atoms with E-state index in [1.807, 2.05) is 12.1 Å². The first-order valence-corrected chi connectivity index (χ1v) is 6.52. The van der Waals surface area contributed by atoms with Gasteiger partial charge in [-0.15, -0.1) is 0 Å². The Bertz CT molecular complexity index is 452. The Hall–Kier alpha value is -1.35. The maximum absolute atomic E-state index is 12.1. The molecule has 1 aliphatic rings. The number of benzene rings is 1. The number of hydrogen-bond donors (Lipinski definition) is 1. The highest BCUT2D eigenvalue weighted by Crippen LogP contribution is 2.28. The van der Waals surface area contributed by atoms with Crippen molar-refractivity contribution in [2.45, 2.75) is 45.1 Å². The van der Waals surface area contributed by atoms with E-state index in [9.17, 15) is 4.79 Å². The topological polar surface area (TPSA) is 38.3 Å². The molecule has 0 bridgehead atoms. The molecule has 0 radical (unpaired) electrons. The van der Waals surface area contributed by atoms with Crippen molar-refractivity contribution in [1.29, 1.82) is 0 Å². The van der Waals surface area contributed by atoms with Crippen molar-refractivity contribution in [3.63, 3.8) is 0 Å². The first kappa shape index (κ1) is 13.1. The maximum atomic E-state index is 12.1. The van der Waals surface area contributed by atoms with Crippen molar-refractivity contribution in [1.82, 2.24) is 0 Å². The number of carbonyl (C=O) groups is 1. The fraction of sp³-hybridized carbons (Fsp3) is 0.533. The standard InChI is InChI=1S/C15H21NO2/c1-15(2,18-3)14(17)16-13-10-6-8-11-7-4-5-9-12(11)13/h6,8,10H,4-5,7,9H2,1-3H3,(H,16,17). The van der Waals surface area contributed by atoms with Crippen LogP contribution in [0.5, 0.6) is 0 Å². The van der Waals surface area contributed by atoms with E-state index in [0.717, 1.165) is 18.5 Å². The number of carbonyl (C=O) groups excluding carboxylic acids is 1. The number of ether oxygens (including phenoxy) is 1. The van der Waals surface area contributed by atoms with Crippen LogP contribution < -0.4 is 5.32 Å². The van der Waals surface area contributed by atoms with Gasteiger partial charge in [0.15, 0.2) is 0 Å². The maximum Gasteiger partial charge on any atom is 0.256 e. The quantitative estimate of drug-likeness (QED) is 0.891. The summed E-state index contributed by atoms with van der Waals surface area (Å²) in [5.74, 6) is -0.0935. The zero-order valence-electron chi connectivity index (χ0n) is 11.4. The van der Waals surface area contributed by atoms with Crippen molar-refractivity contribution < 1.29 is 9.53 Å². The van der Waals surface area contributed by atoms with Crippen LogP contribution in [0.15, 0.2) is 18.2 Å². The van der Waals surface area contributed by atoms with Gasteiger partial charge in [-0.05, 0) is 56.7 Å². The normalized spacial score (nSPS) is 15.1. The molecule has 98 valence electrons. The van der Waals surface area contributed by atoms with Crippen LogP contribution in [0.25, 0.3) is 0 Å². The van der Waals surface area contributed by atoms with Crippen LogP contribution in [0, 0.1) is 0 Å². The predicted molar refractivity (Wildman–Crippen MR) is 72.8 cm³/mol. The molecule has 3 heteroatoms. The minimum absolute atomic E-state index is 0.0935. The van der Waals surface area contributed by atoms with Gasteiger partial charge < -0.3 is 10.1 Å². The largest absolute Gasteiger partial charge is 0.369 e. The summed E-state index contributed by atoms with van der Waals surface area (Å²) in [6.07, 6.45) is 4.62. The Kier molecular flexibility index (Phi) is 3.71. The number of anilines is 1. The second kappa shape index (κ2) is 5.11. The van der Waals surface area contributed by atoms with E-state index in [2.05, 4.69) is 11.4 Å². The van der Waals surface area contributed by atoms with Crippen LogP contribution in [0.3, 0.4) is 0 Å². The number of hydrogen-bond acceptors (Lipinski definition) is 2. The molecule has 0 saturated heterocycles. The van der Waals surface area contributed by atoms with Crippen LogP contribution in [0.2, 0.25) is 0 Å². The first-order chi connectivity index (χ1) is 8.54. The van der Waals surface area contributed by atoms with E-state index < -0.39 is 5.60 Å². The van der Waals surface area contributed by atoms with Gasteiger partial charge in [0.2, 0.25) is 0 Å². The van der Waals surface area contributed by atoms with Gasteiger partial charge >= 0.3 is 0 Å². The molecule has 0 heterocycles. The first-order valence-electron chi connectivity index (χ1n) is 6.52. The van der Waals surface area contributed by atoms with E-state index in [1.165, 1.54) is 24.0 Å². The van der Waals surface area contributed by atoms with Crippen LogP contribution in [0.4, 0.5) is 5.69 Å². The summed E-state index contributed by atoms with van der Waals surface area (Å²) in [5.41, 5.74) is 2.82. The van der Waals surface area contributed by atoms with E-state index >= 15 is 0 Å². The number of methoxy groups -OCH3 is 1. The van der Waals surface area contributed by atoms with E-state index in [4.69, 9.17) is 4.74 Å². The number of nitrogens with one attached hydrogen (secondary N) is 1. The van der Waals surface area contributed by atoms with Crippen molar-refractivity contribution in [2.24, 2.45) is 0 Å². The average molecular weight is 247 g/mol. The van der Waals surface area contributed by atoms with Crippen LogP contribution in [-0.2, 0) is 22.4 Å². The minimum atomic E-state index is -0.794. The fourth-order valence-electron chi connectivity index (χ4n) is 2.26. The molecular weight excluding hydrogens is 226 g/mol. The summed E-state index contributed by atoms with van der Waals surface area (Å²) >= 11 is 0. The third kappa shape index (κ3) is 2.56. The Labute approximate surface area is 109 Å². The lowest BCUT2D eigenvalue weighted by atomic mass is 9.90. The van der Waals surface area contributed by atoms with E-state index in [-0.39, 0.29) is 5.91 Å². The third-order valence-corrected chi connectivity index (χ3v) is 3.70. The summed E-state index contributed by atoms with van der Waals surface area (Å²) in [5, 5.41) is 3.00. The average Bonchev–Trinajstić information content (AvgIpc) is 2.39. The van der Waals surface area contributed by atoms with Crippen LogP contribution >= 0.6 is 0 Å². The number of aryl methyl sites for hydroxylation is 1. The Morgan fingerprint density at radius 2 is 2.00 bits per heavy atom. The van der Waals surface area contributed by atoms with E-state index in [1.54, 1.807) is 21.0 Å². The lowest BCUT2D eigenvalue weighted by molar-refractivity contribution is -0.133. The zero-order valence-corrected chi connectivity index (χ0v) is 11.4. The molecule has 1 aromatic carbocycles. The highest BCUT2D eigenvalue weighted by Gasteiger charge is 2.27. The third-order valence-electron chi connectivity index (χ3n) is 3.70. The fourth-order valence-corrected chi connectivity index (χ4v) is 2.26. The lowest BCUT2D eigenvalue weighted by Crippen LogP contribution is -2.39. The van der Waals surface area contributed by atoms with Crippen molar-refractivity contribution in [3.05, 3.63) is 29.3 Å². The number of amides is 1. The molecule has 1 aromatic rings. The van der Waals surface area contributed by atoms with Gasteiger partial charge in [-0.1, -0.05) is 12.1 Å². The highest BCUT2D eigenvalue weighted by molar-refractivity contribution is 5.97. The molecule has 0 saturated carbocycles. The molecule has 0 fully saturated rings. The lowest BCUT2D eigenvalue weighted by Gasteiger charge is -2.24. The van der Waals surface area contributed by atoms with Crippen molar-refractivity contribution in [3.8, 4) is 0 Å². The highest BCUT2D eigenvalue weighted by atomic mass is 16.5. The summed E-state index contributed by atoms with van der Waals surface area (Å²) < 4.78 is 5.20. The predicted octanol–water partition coefficient (Wildman–Crippen LogP) is 2.93. The molecule has 0 atom stereocenters.